The Kier molecular flexibility index (Phi) is 5.71. The summed E-state index contributed by atoms with van der Waals surface area (Å²) in [7, 11) is 3.64. The average Bonchev–Trinajstić information content (AvgIpc) is 2.73. The molecule has 1 unspecified atom stereocenters. The fourth-order valence-corrected chi connectivity index (χ4v) is 3.18. The van der Waals surface area contributed by atoms with E-state index in [1.165, 1.54) is 5.56 Å². The lowest BCUT2D eigenvalue weighted by Gasteiger charge is -2.15. The van der Waals surface area contributed by atoms with Gasteiger partial charge in [0, 0.05) is 12.4 Å². The third kappa shape index (κ3) is 4.01. The van der Waals surface area contributed by atoms with E-state index in [0.717, 1.165) is 40.3 Å². The third-order valence-electron chi connectivity index (χ3n) is 3.62. The highest BCUT2D eigenvalue weighted by Crippen LogP contribution is 2.25. The van der Waals surface area contributed by atoms with Crippen LogP contribution in [0.3, 0.4) is 0 Å². The highest BCUT2D eigenvalue weighted by atomic mass is 79.9. The molecule has 0 saturated heterocycles. The average molecular weight is 372 g/mol. The van der Waals surface area contributed by atoms with Crippen molar-refractivity contribution in [1.82, 2.24) is 9.78 Å². The lowest BCUT2D eigenvalue weighted by Crippen LogP contribution is -2.13. The van der Waals surface area contributed by atoms with E-state index in [4.69, 9.17) is 16.3 Å². The van der Waals surface area contributed by atoms with E-state index in [-0.39, 0.29) is 0 Å². The van der Waals surface area contributed by atoms with E-state index in [0.29, 0.717) is 5.92 Å². The Labute approximate surface area is 139 Å². The van der Waals surface area contributed by atoms with Gasteiger partial charge in [0.1, 0.15) is 5.75 Å². The predicted octanol–water partition coefficient (Wildman–Crippen LogP) is 4.19. The van der Waals surface area contributed by atoms with Crippen LogP contribution in [0.4, 0.5) is 0 Å². The zero-order chi connectivity index (χ0) is 15.4. The summed E-state index contributed by atoms with van der Waals surface area (Å²) in [6.07, 6.45) is 1.88. The first kappa shape index (κ1) is 16.4. The van der Waals surface area contributed by atoms with Gasteiger partial charge in [0.25, 0.3) is 0 Å². The van der Waals surface area contributed by atoms with Gasteiger partial charge < -0.3 is 4.74 Å². The number of aromatic nitrogens is 2. The SMILES string of the molecule is COc1cccc(CC(CBr)Cc2c(Cl)c(C)nn2C)c1. The molecule has 114 valence electrons. The molecule has 0 spiro atoms. The topological polar surface area (TPSA) is 27.1 Å². The number of methoxy groups -OCH3 is 1. The van der Waals surface area contributed by atoms with Crippen molar-refractivity contribution in [3.05, 3.63) is 46.2 Å². The van der Waals surface area contributed by atoms with Gasteiger partial charge in [0.2, 0.25) is 0 Å². The quantitative estimate of drug-likeness (QED) is 0.712. The summed E-state index contributed by atoms with van der Waals surface area (Å²) in [5.41, 5.74) is 3.26. The zero-order valence-electron chi connectivity index (χ0n) is 12.6. The van der Waals surface area contributed by atoms with Gasteiger partial charge in [-0.3, -0.25) is 4.68 Å². The number of ether oxygens (including phenoxy) is 1. The van der Waals surface area contributed by atoms with Gasteiger partial charge in [-0.25, -0.2) is 0 Å². The molecule has 0 amide bonds. The Bertz CT molecular complexity index is 612. The molecule has 3 nitrogen and oxygen atoms in total. The molecule has 0 saturated carbocycles. The molecule has 5 heteroatoms. The van der Waals surface area contributed by atoms with E-state index >= 15 is 0 Å². The van der Waals surface area contributed by atoms with Crippen LogP contribution in [0.25, 0.3) is 0 Å². The van der Waals surface area contributed by atoms with Crippen molar-refractivity contribution in [2.45, 2.75) is 19.8 Å². The van der Waals surface area contributed by atoms with Crippen LogP contribution < -0.4 is 4.74 Å². The van der Waals surface area contributed by atoms with Gasteiger partial charge in [-0.05, 0) is 43.4 Å². The largest absolute Gasteiger partial charge is 0.497 e. The molecule has 1 heterocycles. The molecule has 0 N–H and O–H groups in total. The molecule has 21 heavy (non-hydrogen) atoms. The summed E-state index contributed by atoms with van der Waals surface area (Å²) in [6, 6.07) is 8.22. The Morgan fingerprint density at radius 2 is 2.14 bits per heavy atom. The monoisotopic (exact) mass is 370 g/mol. The van der Waals surface area contributed by atoms with Crippen molar-refractivity contribution in [1.29, 1.82) is 0 Å². The predicted molar refractivity (Wildman–Crippen MR) is 90.6 cm³/mol. The van der Waals surface area contributed by atoms with Gasteiger partial charge in [0.05, 0.1) is 23.5 Å². The van der Waals surface area contributed by atoms with Crippen LogP contribution in [-0.2, 0) is 19.9 Å². The van der Waals surface area contributed by atoms with Crippen molar-refractivity contribution in [3.8, 4) is 5.75 Å². The van der Waals surface area contributed by atoms with Crippen LogP contribution in [0, 0.1) is 12.8 Å². The van der Waals surface area contributed by atoms with E-state index in [2.05, 4.69) is 33.2 Å². The third-order valence-corrected chi connectivity index (χ3v) is 5.03. The molecule has 0 radical (unpaired) electrons. The Morgan fingerprint density at radius 3 is 2.71 bits per heavy atom. The number of aryl methyl sites for hydroxylation is 2. The minimum Gasteiger partial charge on any atom is -0.497 e. The summed E-state index contributed by atoms with van der Waals surface area (Å²) in [6.45, 7) is 1.94. The van der Waals surface area contributed by atoms with Crippen LogP contribution in [0.5, 0.6) is 5.75 Å². The van der Waals surface area contributed by atoms with Crippen molar-refractivity contribution < 1.29 is 4.74 Å². The van der Waals surface area contributed by atoms with Crippen LogP contribution in [0.2, 0.25) is 5.02 Å². The van der Waals surface area contributed by atoms with Gasteiger partial charge in [-0.15, -0.1) is 0 Å². The number of nitrogens with zero attached hydrogens (tertiary/aromatic N) is 2. The maximum atomic E-state index is 6.35. The molecule has 2 rings (SSSR count). The standard InChI is InChI=1S/C16H20BrClN2O/c1-11-16(18)15(20(2)19-11)9-13(10-17)7-12-5-4-6-14(8-12)21-3/h4-6,8,13H,7,9-10H2,1-3H3. The van der Waals surface area contributed by atoms with Crippen LogP contribution in [-0.4, -0.2) is 22.2 Å². The maximum absolute atomic E-state index is 6.35. The molecule has 0 aliphatic rings. The molecular formula is C16H20BrClN2O. The second-order valence-electron chi connectivity index (χ2n) is 5.25. The summed E-state index contributed by atoms with van der Waals surface area (Å²) in [5.74, 6) is 1.36. The Balaban J connectivity index is 2.13. The van der Waals surface area contributed by atoms with Gasteiger partial charge in [-0.1, -0.05) is 39.7 Å². The first-order valence-corrected chi connectivity index (χ1v) is 8.42. The molecule has 1 aromatic heterocycles. The van der Waals surface area contributed by atoms with Crippen molar-refractivity contribution in [2.75, 3.05) is 12.4 Å². The highest BCUT2D eigenvalue weighted by molar-refractivity contribution is 9.09. The van der Waals surface area contributed by atoms with E-state index < -0.39 is 0 Å². The van der Waals surface area contributed by atoms with Gasteiger partial charge in [0.15, 0.2) is 0 Å². The van der Waals surface area contributed by atoms with E-state index in [1.807, 2.05) is 30.8 Å². The molecule has 2 aromatic rings. The second-order valence-corrected chi connectivity index (χ2v) is 6.28. The highest BCUT2D eigenvalue weighted by Gasteiger charge is 2.17. The summed E-state index contributed by atoms with van der Waals surface area (Å²) < 4.78 is 7.17. The normalized spacial score (nSPS) is 12.4. The van der Waals surface area contributed by atoms with Crippen LogP contribution in [0.1, 0.15) is 17.0 Å². The van der Waals surface area contributed by atoms with Crippen LogP contribution >= 0.6 is 27.5 Å². The molecule has 0 fully saturated rings. The summed E-state index contributed by atoms with van der Waals surface area (Å²) in [4.78, 5) is 0. The number of rotatable bonds is 6. The minimum absolute atomic E-state index is 0.462. The lowest BCUT2D eigenvalue weighted by atomic mass is 9.96. The molecule has 1 aromatic carbocycles. The number of alkyl halides is 1. The minimum atomic E-state index is 0.462. The molecule has 0 aliphatic heterocycles. The zero-order valence-corrected chi connectivity index (χ0v) is 14.9. The van der Waals surface area contributed by atoms with E-state index in [9.17, 15) is 0 Å². The number of hydrogen-bond acceptors (Lipinski definition) is 2. The molecular weight excluding hydrogens is 352 g/mol. The Morgan fingerprint density at radius 1 is 1.38 bits per heavy atom. The fraction of sp³-hybridized carbons (Fsp3) is 0.438. The number of benzene rings is 1. The number of hydrogen-bond donors (Lipinski definition) is 0. The summed E-state index contributed by atoms with van der Waals surface area (Å²) in [5, 5.41) is 6.09. The van der Waals surface area contributed by atoms with Crippen molar-refractivity contribution in [2.24, 2.45) is 13.0 Å². The maximum Gasteiger partial charge on any atom is 0.119 e. The molecule has 1 atom stereocenters. The smallest absolute Gasteiger partial charge is 0.119 e. The Hall–Kier alpha value is -1.00. The lowest BCUT2D eigenvalue weighted by molar-refractivity contribution is 0.414. The first-order chi connectivity index (χ1) is 10.0. The fourth-order valence-electron chi connectivity index (χ4n) is 2.49. The van der Waals surface area contributed by atoms with Crippen molar-refractivity contribution in [3.63, 3.8) is 0 Å². The van der Waals surface area contributed by atoms with Crippen LogP contribution in [0.15, 0.2) is 24.3 Å². The van der Waals surface area contributed by atoms with Crippen molar-refractivity contribution >= 4 is 27.5 Å². The number of halogens is 2. The van der Waals surface area contributed by atoms with Gasteiger partial charge in [-0.2, -0.15) is 5.10 Å². The van der Waals surface area contributed by atoms with Gasteiger partial charge >= 0.3 is 0 Å². The molecule has 0 aliphatic carbocycles. The van der Waals surface area contributed by atoms with E-state index in [1.54, 1.807) is 7.11 Å². The molecule has 0 bridgehead atoms. The summed E-state index contributed by atoms with van der Waals surface area (Å²) >= 11 is 9.97. The second kappa shape index (κ2) is 7.32. The first-order valence-electron chi connectivity index (χ1n) is 6.92.